The summed E-state index contributed by atoms with van der Waals surface area (Å²) in [7, 11) is 0. The van der Waals surface area contributed by atoms with Crippen molar-refractivity contribution in [1.82, 2.24) is 19.6 Å². The van der Waals surface area contributed by atoms with Crippen LogP contribution in [0.1, 0.15) is 53.8 Å². The maximum Gasteiger partial charge on any atom is 0.321 e. The maximum absolute atomic E-state index is 12.7. The Morgan fingerprint density at radius 3 is 2.66 bits per heavy atom. The predicted octanol–water partition coefficient (Wildman–Crippen LogP) is 3.47. The molecule has 7 nitrogen and oxygen atoms in total. The van der Waals surface area contributed by atoms with Gasteiger partial charge >= 0.3 is 6.03 Å². The van der Waals surface area contributed by atoms with Crippen LogP contribution in [0.5, 0.6) is 0 Å². The zero-order valence-corrected chi connectivity index (χ0v) is 17.2. The number of para-hydroxylation sites is 1. The number of nitrogens with zero attached hydrogens (tertiary/aromatic N) is 4. The molecule has 0 aliphatic carbocycles. The van der Waals surface area contributed by atoms with E-state index in [2.05, 4.69) is 5.32 Å². The molecule has 3 amide bonds. The van der Waals surface area contributed by atoms with Crippen LogP contribution in [0.15, 0.2) is 30.3 Å². The van der Waals surface area contributed by atoms with E-state index in [0.717, 1.165) is 55.8 Å². The van der Waals surface area contributed by atoms with Gasteiger partial charge in [0.1, 0.15) is 5.69 Å². The highest BCUT2D eigenvalue weighted by molar-refractivity contribution is 5.93. The molecular weight excluding hydrogens is 366 g/mol. The molecule has 1 N–H and O–H groups in total. The number of nitrogens with one attached hydrogen (secondary N) is 1. The van der Waals surface area contributed by atoms with Gasteiger partial charge in [-0.25, -0.2) is 4.79 Å². The van der Waals surface area contributed by atoms with Crippen LogP contribution in [-0.2, 0) is 6.54 Å². The molecule has 2 aromatic rings. The molecule has 0 bridgehead atoms. The van der Waals surface area contributed by atoms with Crippen LogP contribution >= 0.6 is 0 Å². The number of fused-ring (bicyclic) bond motifs is 1. The molecular formula is C22H29N5O2. The van der Waals surface area contributed by atoms with Crippen molar-refractivity contribution in [2.24, 2.45) is 0 Å². The lowest BCUT2D eigenvalue weighted by molar-refractivity contribution is 0.0766. The second kappa shape index (κ2) is 8.27. The minimum atomic E-state index is -0.0489. The number of likely N-dealkylation sites (tertiary alicyclic amines) is 1. The van der Waals surface area contributed by atoms with Gasteiger partial charge in [-0.15, -0.1) is 0 Å². The summed E-state index contributed by atoms with van der Waals surface area (Å²) in [6, 6.07) is 9.74. The molecule has 7 heteroatoms. The highest BCUT2D eigenvalue weighted by Crippen LogP contribution is 2.29. The molecule has 3 heterocycles. The number of aromatic nitrogens is 2. The summed E-state index contributed by atoms with van der Waals surface area (Å²) in [6.45, 7) is 7.71. The molecule has 29 heavy (non-hydrogen) atoms. The van der Waals surface area contributed by atoms with E-state index >= 15 is 0 Å². The summed E-state index contributed by atoms with van der Waals surface area (Å²) in [5.74, 6) is 0.374. The van der Waals surface area contributed by atoms with Crippen LogP contribution in [0.25, 0.3) is 0 Å². The van der Waals surface area contributed by atoms with Gasteiger partial charge < -0.3 is 15.1 Å². The van der Waals surface area contributed by atoms with Crippen LogP contribution in [0.4, 0.5) is 10.5 Å². The Morgan fingerprint density at radius 1 is 1.17 bits per heavy atom. The first-order valence-electron chi connectivity index (χ1n) is 10.6. The molecule has 0 saturated carbocycles. The van der Waals surface area contributed by atoms with Gasteiger partial charge in [-0.2, -0.15) is 5.10 Å². The molecule has 154 valence electrons. The first kappa shape index (κ1) is 19.5. The average Bonchev–Trinajstić information content (AvgIpc) is 3.10. The van der Waals surface area contributed by atoms with E-state index in [-0.39, 0.29) is 11.9 Å². The van der Waals surface area contributed by atoms with Gasteiger partial charge in [-0.05, 0) is 50.8 Å². The highest BCUT2D eigenvalue weighted by Gasteiger charge is 2.29. The topological polar surface area (TPSA) is 70.5 Å². The SMILES string of the molecule is CCN1CCCn2nc(C3CCN(C(=O)Nc4ccccc4C)CC3)cc2C1=O. The van der Waals surface area contributed by atoms with Gasteiger partial charge in [0.2, 0.25) is 0 Å². The van der Waals surface area contributed by atoms with Crippen molar-refractivity contribution in [3.63, 3.8) is 0 Å². The summed E-state index contributed by atoms with van der Waals surface area (Å²) in [6.07, 6.45) is 2.66. The molecule has 2 aliphatic heterocycles. The van der Waals surface area contributed by atoms with Crippen molar-refractivity contribution < 1.29 is 9.59 Å². The van der Waals surface area contributed by atoms with Crippen molar-refractivity contribution in [2.45, 2.75) is 45.6 Å². The van der Waals surface area contributed by atoms with Gasteiger partial charge in [-0.3, -0.25) is 9.48 Å². The summed E-state index contributed by atoms with van der Waals surface area (Å²) >= 11 is 0. The van der Waals surface area contributed by atoms with Crippen molar-refractivity contribution in [2.75, 3.05) is 31.5 Å². The third kappa shape index (κ3) is 3.99. The van der Waals surface area contributed by atoms with Crippen molar-refractivity contribution >= 4 is 17.6 Å². The summed E-state index contributed by atoms with van der Waals surface area (Å²) in [5.41, 5.74) is 3.61. The normalized spacial score (nSPS) is 17.8. The monoisotopic (exact) mass is 395 g/mol. The van der Waals surface area contributed by atoms with Gasteiger partial charge in [-0.1, -0.05) is 18.2 Å². The summed E-state index contributed by atoms with van der Waals surface area (Å²) in [4.78, 5) is 29.1. The smallest absolute Gasteiger partial charge is 0.321 e. The third-order valence-corrected chi connectivity index (χ3v) is 6.07. The Morgan fingerprint density at radius 2 is 1.93 bits per heavy atom. The number of aryl methyl sites for hydroxylation is 2. The van der Waals surface area contributed by atoms with E-state index in [9.17, 15) is 9.59 Å². The average molecular weight is 396 g/mol. The van der Waals surface area contributed by atoms with Crippen LogP contribution < -0.4 is 5.32 Å². The minimum absolute atomic E-state index is 0.0489. The first-order valence-corrected chi connectivity index (χ1v) is 10.6. The molecule has 1 aromatic heterocycles. The third-order valence-electron chi connectivity index (χ3n) is 6.07. The largest absolute Gasteiger partial charge is 0.338 e. The molecule has 0 spiro atoms. The molecule has 2 aliphatic rings. The van der Waals surface area contributed by atoms with E-state index in [1.165, 1.54) is 0 Å². The van der Waals surface area contributed by atoms with Gasteiger partial charge in [0.25, 0.3) is 5.91 Å². The number of amides is 3. The van der Waals surface area contributed by atoms with Crippen molar-refractivity contribution in [1.29, 1.82) is 0 Å². The molecule has 0 atom stereocenters. The fourth-order valence-corrected chi connectivity index (χ4v) is 4.24. The number of urea groups is 1. The highest BCUT2D eigenvalue weighted by atomic mass is 16.2. The first-order chi connectivity index (χ1) is 14.1. The van der Waals surface area contributed by atoms with Gasteiger partial charge in [0.05, 0.1) is 5.69 Å². The van der Waals surface area contributed by atoms with Crippen molar-refractivity contribution in [3.05, 3.63) is 47.3 Å². The van der Waals surface area contributed by atoms with Gasteiger partial charge in [0.15, 0.2) is 0 Å². The predicted molar refractivity (Wildman–Crippen MR) is 112 cm³/mol. The van der Waals surface area contributed by atoms with Crippen molar-refractivity contribution in [3.8, 4) is 0 Å². The minimum Gasteiger partial charge on any atom is -0.338 e. The fourth-order valence-electron chi connectivity index (χ4n) is 4.24. The van der Waals surface area contributed by atoms with Crippen LogP contribution in [0.3, 0.4) is 0 Å². The van der Waals surface area contributed by atoms with E-state index < -0.39 is 0 Å². The molecule has 0 radical (unpaired) electrons. The Kier molecular flexibility index (Phi) is 5.56. The van der Waals surface area contributed by atoms with E-state index in [1.54, 1.807) is 0 Å². The number of benzene rings is 1. The quantitative estimate of drug-likeness (QED) is 0.865. The second-order valence-corrected chi connectivity index (χ2v) is 7.92. The number of hydrogen-bond donors (Lipinski definition) is 1. The number of rotatable bonds is 3. The van der Waals surface area contributed by atoms with E-state index in [0.29, 0.717) is 24.7 Å². The van der Waals surface area contributed by atoms with Crippen LogP contribution in [-0.4, -0.2) is 57.7 Å². The zero-order chi connectivity index (χ0) is 20.4. The summed E-state index contributed by atoms with van der Waals surface area (Å²) < 4.78 is 1.88. The van der Waals surface area contributed by atoms with E-state index in [1.807, 2.05) is 58.7 Å². The number of piperidine rings is 1. The van der Waals surface area contributed by atoms with E-state index in [4.69, 9.17) is 5.10 Å². The Bertz CT molecular complexity index is 898. The summed E-state index contributed by atoms with van der Waals surface area (Å²) in [5, 5.41) is 7.77. The lowest BCUT2D eigenvalue weighted by atomic mass is 9.93. The van der Waals surface area contributed by atoms with Crippen LogP contribution in [0.2, 0.25) is 0 Å². The Hall–Kier alpha value is -2.83. The number of hydrogen-bond acceptors (Lipinski definition) is 3. The standard InChI is InChI=1S/C22H29N5O2/c1-3-25-11-6-12-27-20(21(25)28)15-19(24-27)17-9-13-26(14-10-17)22(29)23-18-8-5-4-7-16(18)2/h4-5,7-8,15,17H,3,6,9-14H2,1-2H3,(H,23,29). The lowest BCUT2D eigenvalue weighted by Crippen LogP contribution is -2.40. The molecule has 1 aromatic carbocycles. The maximum atomic E-state index is 12.7. The molecule has 1 fully saturated rings. The molecule has 0 unspecified atom stereocenters. The van der Waals surface area contributed by atoms with Crippen LogP contribution in [0, 0.1) is 6.92 Å². The molecule has 4 rings (SSSR count). The number of anilines is 1. The fraction of sp³-hybridized carbons (Fsp3) is 0.500. The van der Waals surface area contributed by atoms with Gasteiger partial charge in [0, 0.05) is 44.3 Å². The Balaban J connectivity index is 1.39. The zero-order valence-electron chi connectivity index (χ0n) is 17.2. The molecule has 1 saturated heterocycles. The Labute approximate surface area is 171 Å². The number of carbonyl (C=O) groups is 2. The lowest BCUT2D eigenvalue weighted by Gasteiger charge is -2.31. The number of carbonyl (C=O) groups excluding carboxylic acids is 2. The second-order valence-electron chi connectivity index (χ2n) is 7.92.